The van der Waals surface area contributed by atoms with E-state index in [1.807, 2.05) is 36.0 Å². The maximum absolute atomic E-state index is 12.2. The Kier molecular flexibility index (Phi) is 5.90. The molecule has 1 saturated heterocycles. The fourth-order valence-electron chi connectivity index (χ4n) is 2.86. The number of nitrogens with one attached hydrogen (secondary N) is 2. The largest absolute Gasteiger partial charge is 0.492 e. The molecule has 25 heavy (non-hydrogen) atoms. The lowest BCUT2D eigenvalue weighted by molar-refractivity contribution is 0.0601. The van der Waals surface area contributed by atoms with Gasteiger partial charge in [-0.1, -0.05) is 12.1 Å². The standard InChI is InChI=1S/C18H24N4O3/c1-2-25-17-6-4-3-5-16(17)21-18(23)20-15-11-19-22(13-15)12-14-7-9-24-10-8-14/h3-6,11,13-14H,2,7-10,12H2,1H3,(H2,20,21,23). The monoisotopic (exact) mass is 344 g/mol. The zero-order chi connectivity index (χ0) is 17.5. The minimum absolute atomic E-state index is 0.322. The molecule has 7 nitrogen and oxygen atoms in total. The molecule has 7 heteroatoms. The van der Waals surface area contributed by atoms with Crippen LogP contribution in [0, 0.1) is 5.92 Å². The predicted octanol–water partition coefficient (Wildman–Crippen LogP) is 3.35. The number of urea groups is 1. The molecule has 1 aromatic heterocycles. The number of nitrogens with zero attached hydrogens (tertiary/aromatic N) is 2. The molecule has 0 spiro atoms. The Morgan fingerprint density at radius 3 is 2.92 bits per heavy atom. The SMILES string of the molecule is CCOc1ccccc1NC(=O)Nc1cnn(CC2CCOCC2)c1. The number of anilines is 2. The number of para-hydroxylation sites is 2. The van der Waals surface area contributed by atoms with E-state index in [0.29, 0.717) is 29.6 Å². The zero-order valence-electron chi connectivity index (χ0n) is 14.4. The van der Waals surface area contributed by atoms with Crippen LogP contribution in [0.15, 0.2) is 36.7 Å². The van der Waals surface area contributed by atoms with Gasteiger partial charge in [0.2, 0.25) is 0 Å². The first-order valence-corrected chi connectivity index (χ1v) is 8.64. The maximum Gasteiger partial charge on any atom is 0.323 e. The summed E-state index contributed by atoms with van der Waals surface area (Å²) < 4.78 is 12.8. The van der Waals surface area contributed by atoms with Crippen molar-refractivity contribution in [1.29, 1.82) is 0 Å². The van der Waals surface area contributed by atoms with Gasteiger partial charge in [0.1, 0.15) is 5.75 Å². The number of carbonyl (C=O) groups excluding carboxylic acids is 1. The molecule has 1 aliphatic rings. The number of hydrogen-bond acceptors (Lipinski definition) is 4. The highest BCUT2D eigenvalue weighted by molar-refractivity contribution is 6.00. The predicted molar refractivity (Wildman–Crippen MR) is 96.0 cm³/mol. The minimum Gasteiger partial charge on any atom is -0.492 e. The third-order valence-electron chi connectivity index (χ3n) is 4.11. The molecule has 2 heterocycles. The van der Waals surface area contributed by atoms with Crippen LogP contribution in [-0.4, -0.2) is 35.6 Å². The normalized spacial score (nSPS) is 14.9. The number of ether oxygens (including phenoxy) is 2. The van der Waals surface area contributed by atoms with E-state index in [0.717, 1.165) is 32.6 Å². The Labute approximate surface area is 147 Å². The molecule has 0 unspecified atom stereocenters. The lowest BCUT2D eigenvalue weighted by atomic mass is 10.0. The second-order valence-corrected chi connectivity index (χ2v) is 6.02. The summed E-state index contributed by atoms with van der Waals surface area (Å²) in [6.07, 6.45) is 5.62. The van der Waals surface area contributed by atoms with Crippen LogP contribution >= 0.6 is 0 Å². The molecule has 0 aliphatic carbocycles. The highest BCUT2D eigenvalue weighted by Gasteiger charge is 2.15. The van der Waals surface area contributed by atoms with E-state index in [4.69, 9.17) is 9.47 Å². The topological polar surface area (TPSA) is 77.4 Å². The van der Waals surface area contributed by atoms with Crippen LogP contribution in [0.5, 0.6) is 5.75 Å². The van der Waals surface area contributed by atoms with Gasteiger partial charge in [0.15, 0.2) is 0 Å². The number of amides is 2. The van der Waals surface area contributed by atoms with Gasteiger partial charge in [-0.25, -0.2) is 4.79 Å². The lowest BCUT2D eigenvalue weighted by Gasteiger charge is -2.21. The van der Waals surface area contributed by atoms with Crippen LogP contribution in [0.1, 0.15) is 19.8 Å². The van der Waals surface area contributed by atoms with Gasteiger partial charge in [-0.2, -0.15) is 5.10 Å². The molecule has 1 fully saturated rings. The second kappa shape index (κ2) is 8.53. The number of carbonyl (C=O) groups is 1. The number of aromatic nitrogens is 2. The number of benzene rings is 1. The molecule has 0 saturated carbocycles. The quantitative estimate of drug-likeness (QED) is 0.842. The van der Waals surface area contributed by atoms with Crippen LogP contribution in [0.4, 0.5) is 16.2 Å². The van der Waals surface area contributed by atoms with E-state index in [9.17, 15) is 4.79 Å². The van der Waals surface area contributed by atoms with E-state index in [1.165, 1.54) is 0 Å². The van der Waals surface area contributed by atoms with Crippen molar-refractivity contribution < 1.29 is 14.3 Å². The fraction of sp³-hybridized carbons (Fsp3) is 0.444. The highest BCUT2D eigenvalue weighted by Crippen LogP contribution is 2.24. The summed E-state index contributed by atoms with van der Waals surface area (Å²) >= 11 is 0. The Balaban J connectivity index is 1.54. The molecule has 2 aromatic rings. The summed E-state index contributed by atoms with van der Waals surface area (Å²) in [5.74, 6) is 1.23. The third kappa shape index (κ3) is 4.96. The van der Waals surface area contributed by atoms with Crippen LogP contribution < -0.4 is 15.4 Å². The van der Waals surface area contributed by atoms with Crippen LogP contribution in [0.25, 0.3) is 0 Å². The molecular weight excluding hydrogens is 320 g/mol. The molecule has 0 radical (unpaired) electrons. The van der Waals surface area contributed by atoms with Crippen molar-refractivity contribution in [3.63, 3.8) is 0 Å². The van der Waals surface area contributed by atoms with Gasteiger partial charge in [-0.15, -0.1) is 0 Å². The summed E-state index contributed by atoms with van der Waals surface area (Å²) in [7, 11) is 0. The molecule has 2 amide bonds. The molecule has 3 rings (SSSR count). The van der Waals surface area contributed by atoms with Crippen molar-refractivity contribution in [2.45, 2.75) is 26.3 Å². The van der Waals surface area contributed by atoms with Crippen molar-refractivity contribution in [2.24, 2.45) is 5.92 Å². The van der Waals surface area contributed by atoms with E-state index in [-0.39, 0.29) is 6.03 Å². The van der Waals surface area contributed by atoms with E-state index in [2.05, 4.69) is 15.7 Å². The van der Waals surface area contributed by atoms with Gasteiger partial charge in [0.05, 0.1) is 24.2 Å². The molecule has 2 N–H and O–H groups in total. The Morgan fingerprint density at radius 1 is 1.32 bits per heavy atom. The Hall–Kier alpha value is -2.54. The van der Waals surface area contributed by atoms with Crippen LogP contribution in [0.2, 0.25) is 0 Å². The summed E-state index contributed by atoms with van der Waals surface area (Å²) in [6.45, 7) is 4.93. The van der Waals surface area contributed by atoms with E-state index < -0.39 is 0 Å². The van der Waals surface area contributed by atoms with Crippen molar-refractivity contribution in [2.75, 3.05) is 30.5 Å². The van der Waals surface area contributed by atoms with Gasteiger partial charge in [0, 0.05) is 26.0 Å². The molecule has 1 aliphatic heterocycles. The average Bonchev–Trinajstić information content (AvgIpc) is 3.04. The minimum atomic E-state index is -0.322. The van der Waals surface area contributed by atoms with Crippen LogP contribution in [0.3, 0.4) is 0 Å². The second-order valence-electron chi connectivity index (χ2n) is 6.02. The first kappa shape index (κ1) is 17.3. The summed E-state index contributed by atoms with van der Waals surface area (Å²) in [6, 6.07) is 7.03. The molecule has 134 valence electrons. The van der Waals surface area contributed by atoms with Crippen molar-refractivity contribution in [3.05, 3.63) is 36.7 Å². The van der Waals surface area contributed by atoms with Gasteiger partial charge < -0.3 is 20.1 Å². The zero-order valence-corrected chi connectivity index (χ0v) is 14.4. The smallest absolute Gasteiger partial charge is 0.323 e. The van der Waals surface area contributed by atoms with Gasteiger partial charge >= 0.3 is 6.03 Å². The van der Waals surface area contributed by atoms with Gasteiger partial charge in [-0.05, 0) is 37.8 Å². The highest BCUT2D eigenvalue weighted by atomic mass is 16.5. The first-order valence-electron chi connectivity index (χ1n) is 8.64. The van der Waals surface area contributed by atoms with Gasteiger partial charge in [0.25, 0.3) is 0 Å². The third-order valence-corrected chi connectivity index (χ3v) is 4.11. The number of rotatable bonds is 6. The van der Waals surface area contributed by atoms with E-state index in [1.54, 1.807) is 12.3 Å². The molecule has 0 bridgehead atoms. The molecular formula is C18H24N4O3. The summed E-state index contributed by atoms with van der Waals surface area (Å²) in [5, 5.41) is 9.94. The van der Waals surface area contributed by atoms with Gasteiger partial charge in [-0.3, -0.25) is 4.68 Å². The average molecular weight is 344 g/mol. The number of hydrogen-bond donors (Lipinski definition) is 2. The fourth-order valence-corrected chi connectivity index (χ4v) is 2.86. The Morgan fingerprint density at radius 2 is 2.12 bits per heavy atom. The molecule has 0 atom stereocenters. The molecule has 1 aromatic carbocycles. The lowest BCUT2D eigenvalue weighted by Crippen LogP contribution is -2.21. The summed E-state index contributed by atoms with van der Waals surface area (Å²) in [4.78, 5) is 12.2. The van der Waals surface area contributed by atoms with Crippen molar-refractivity contribution >= 4 is 17.4 Å². The first-order chi connectivity index (χ1) is 12.2. The van der Waals surface area contributed by atoms with Crippen molar-refractivity contribution in [1.82, 2.24) is 9.78 Å². The maximum atomic E-state index is 12.2. The van der Waals surface area contributed by atoms with E-state index >= 15 is 0 Å². The van der Waals surface area contributed by atoms with Crippen molar-refractivity contribution in [3.8, 4) is 5.75 Å². The summed E-state index contributed by atoms with van der Waals surface area (Å²) in [5.41, 5.74) is 1.30. The Bertz CT molecular complexity index is 695. The van der Waals surface area contributed by atoms with Crippen LogP contribution in [-0.2, 0) is 11.3 Å².